The first-order chi connectivity index (χ1) is 11.8. The lowest BCUT2D eigenvalue weighted by atomic mass is 9.84. The summed E-state index contributed by atoms with van der Waals surface area (Å²) in [5.74, 6) is 1.16. The molecule has 2 nitrogen and oxygen atoms in total. The number of allylic oxidation sites excluding steroid dienone is 1. The van der Waals surface area contributed by atoms with Crippen molar-refractivity contribution in [2.45, 2.75) is 5.92 Å². The maximum absolute atomic E-state index is 12.0. The number of carbonyl (C=O) groups is 1. The van der Waals surface area contributed by atoms with Crippen molar-refractivity contribution in [3.05, 3.63) is 86.5 Å². The van der Waals surface area contributed by atoms with Gasteiger partial charge in [-0.15, -0.1) is 0 Å². The third-order valence-electron chi connectivity index (χ3n) is 4.10. The maximum Gasteiger partial charge on any atom is 0.139 e. The lowest BCUT2D eigenvalue weighted by Crippen LogP contribution is -2.15. The number of para-hydroxylation sites is 1. The minimum Gasteiger partial charge on any atom is -0.456 e. The number of rotatable bonds is 3. The van der Waals surface area contributed by atoms with Gasteiger partial charge in [-0.25, -0.2) is 0 Å². The Bertz CT molecular complexity index is 911. The summed E-state index contributed by atoms with van der Waals surface area (Å²) in [6.45, 7) is 0. The molecule has 2 aromatic carbocycles. The fourth-order valence-electron chi connectivity index (χ4n) is 2.98. The number of thiophene rings is 1. The van der Waals surface area contributed by atoms with Crippen LogP contribution in [0.25, 0.3) is 11.3 Å². The minimum absolute atomic E-state index is 0.330. The van der Waals surface area contributed by atoms with Gasteiger partial charge in [0.25, 0.3) is 0 Å². The number of halogens is 1. The molecule has 4 rings (SSSR count). The quantitative estimate of drug-likeness (QED) is 0.526. The molecule has 0 radical (unpaired) electrons. The third-order valence-corrected chi connectivity index (χ3v) is 5.31. The molecular weight excluding hydrogens is 384 g/mol. The van der Waals surface area contributed by atoms with Crippen LogP contribution in [0.3, 0.4) is 0 Å². The van der Waals surface area contributed by atoms with Crippen molar-refractivity contribution in [2.24, 2.45) is 0 Å². The van der Waals surface area contributed by atoms with Crippen molar-refractivity contribution in [3.8, 4) is 5.75 Å². The van der Waals surface area contributed by atoms with Crippen LogP contribution in [0.15, 0.2) is 69.8 Å². The first kappa shape index (κ1) is 15.4. The van der Waals surface area contributed by atoms with Crippen molar-refractivity contribution in [1.82, 2.24) is 0 Å². The zero-order chi connectivity index (χ0) is 16.5. The van der Waals surface area contributed by atoms with E-state index in [1.54, 1.807) is 11.3 Å². The van der Waals surface area contributed by atoms with Crippen LogP contribution < -0.4 is 4.74 Å². The van der Waals surface area contributed by atoms with Crippen LogP contribution in [-0.2, 0) is 4.79 Å². The molecule has 2 heterocycles. The Morgan fingerprint density at radius 1 is 1.00 bits per heavy atom. The molecule has 0 saturated carbocycles. The van der Waals surface area contributed by atoms with Gasteiger partial charge in [0.15, 0.2) is 0 Å². The van der Waals surface area contributed by atoms with Gasteiger partial charge in [0, 0.05) is 21.2 Å². The van der Waals surface area contributed by atoms with Gasteiger partial charge in [0.2, 0.25) is 0 Å². The lowest BCUT2D eigenvalue weighted by Gasteiger charge is -2.28. The minimum atomic E-state index is -0.330. The smallest absolute Gasteiger partial charge is 0.139 e. The molecule has 0 saturated heterocycles. The summed E-state index contributed by atoms with van der Waals surface area (Å²) < 4.78 is 7.24. The van der Waals surface area contributed by atoms with Crippen molar-refractivity contribution >= 4 is 44.9 Å². The van der Waals surface area contributed by atoms with Gasteiger partial charge in [-0.1, -0.05) is 46.3 Å². The zero-order valence-corrected chi connectivity index (χ0v) is 15.0. The molecule has 4 heteroatoms. The van der Waals surface area contributed by atoms with E-state index in [9.17, 15) is 4.79 Å². The second-order valence-electron chi connectivity index (χ2n) is 5.52. The molecule has 0 bridgehead atoms. The molecule has 3 aromatic rings. The monoisotopic (exact) mass is 396 g/mol. The van der Waals surface area contributed by atoms with E-state index in [0.717, 1.165) is 44.5 Å². The largest absolute Gasteiger partial charge is 0.456 e. The van der Waals surface area contributed by atoms with E-state index in [1.165, 1.54) is 0 Å². The average molecular weight is 397 g/mol. The van der Waals surface area contributed by atoms with E-state index >= 15 is 0 Å². The van der Waals surface area contributed by atoms with Gasteiger partial charge in [0.1, 0.15) is 17.8 Å². The number of hydrogen-bond acceptors (Lipinski definition) is 3. The highest BCUT2D eigenvalue weighted by molar-refractivity contribution is 9.10. The summed E-state index contributed by atoms with van der Waals surface area (Å²) in [7, 11) is 0. The van der Waals surface area contributed by atoms with Crippen LogP contribution >= 0.6 is 27.3 Å². The highest BCUT2D eigenvalue weighted by Gasteiger charge is 2.31. The number of ether oxygens (including phenoxy) is 1. The summed E-state index contributed by atoms with van der Waals surface area (Å²) in [5, 5.41) is 4.08. The van der Waals surface area contributed by atoms with Gasteiger partial charge in [-0.3, -0.25) is 0 Å². The number of fused-ring (bicyclic) bond motifs is 1. The number of carbonyl (C=O) groups excluding carboxylic acids is 1. The summed E-state index contributed by atoms with van der Waals surface area (Å²) in [4.78, 5) is 12.0. The summed E-state index contributed by atoms with van der Waals surface area (Å²) in [6, 6.07) is 17.7. The fourth-order valence-corrected chi connectivity index (χ4v) is 3.90. The van der Waals surface area contributed by atoms with Crippen molar-refractivity contribution in [3.63, 3.8) is 0 Å². The maximum atomic E-state index is 12.0. The van der Waals surface area contributed by atoms with E-state index in [2.05, 4.69) is 21.3 Å². The van der Waals surface area contributed by atoms with Crippen LogP contribution in [0, 0.1) is 0 Å². The highest BCUT2D eigenvalue weighted by atomic mass is 79.9. The first-order valence-corrected chi connectivity index (χ1v) is 9.26. The first-order valence-electron chi connectivity index (χ1n) is 7.52. The topological polar surface area (TPSA) is 26.3 Å². The van der Waals surface area contributed by atoms with Crippen LogP contribution in [0.4, 0.5) is 0 Å². The molecule has 24 heavy (non-hydrogen) atoms. The molecule has 0 aliphatic carbocycles. The van der Waals surface area contributed by atoms with E-state index in [0.29, 0.717) is 0 Å². The molecule has 1 unspecified atom stereocenters. The molecule has 118 valence electrons. The van der Waals surface area contributed by atoms with Crippen LogP contribution in [0.1, 0.15) is 22.6 Å². The highest BCUT2D eigenvalue weighted by Crippen LogP contribution is 2.46. The molecule has 1 atom stereocenters. The van der Waals surface area contributed by atoms with Crippen molar-refractivity contribution in [2.75, 3.05) is 0 Å². The SMILES string of the molecule is O=CC1C(c2ccsc2)=C(c2ccc(Br)cc2)Oc2ccccc21. The summed E-state index contributed by atoms with van der Waals surface area (Å²) in [6.07, 6.45) is 1.01. The van der Waals surface area contributed by atoms with E-state index in [4.69, 9.17) is 4.74 Å². The van der Waals surface area contributed by atoms with Crippen LogP contribution in [0.2, 0.25) is 0 Å². The Kier molecular flexibility index (Phi) is 4.08. The molecule has 1 aliphatic heterocycles. The van der Waals surface area contributed by atoms with Gasteiger partial charge in [-0.2, -0.15) is 11.3 Å². The Morgan fingerprint density at radius 2 is 1.79 bits per heavy atom. The summed E-state index contributed by atoms with van der Waals surface area (Å²) in [5.41, 5.74) is 3.83. The number of hydrogen-bond donors (Lipinski definition) is 0. The molecule has 1 aromatic heterocycles. The van der Waals surface area contributed by atoms with Gasteiger partial charge in [0.05, 0.1) is 5.92 Å². The number of aldehydes is 1. The molecular formula is C20H13BrO2S. The van der Waals surface area contributed by atoms with Gasteiger partial charge in [-0.05, 0) is 40.6 Å². The Hall–Kier alpha value is -2.17. The molecule has 1 aliphatic rings. The lowest BCUT2D eigenvalue weighted by molar-refractivity contribution is -0.108. The molecule has 0 spiro atoms. The molecule has 0 N–H and O–H groups in total. The Morgan fingerprint density at radius 3 is 2.50 bits per heavy atom. The Labute approximate surface area is 152 Å². The normalized spacial score (nSPS) is 16.5. The van der Waals surface area contributed by atoms with E-state index < -0.39 is 0 Å². The molecule has 0 amide bonds. The zero-order valence-electron chi connectivity index (χ0n) is 12.6. The van der Waals surface area contributed by atoms with Crippen molar-refractivity contribution < 1.29 is 9.53 Å². The predicted octanol–water partition coefficient (Wildman–Crippen LogP) is 5.75. The van der Waals surface area contributed by atoms with Gasteiger partial charge >= 0.3 is 0 Å². The van der Waals surface area contributed by atoms with E-state index in [1.807, 2.05) is 60.0 Å². The van der Waals surface area contributed by atoms with Crippen molar-refractivity contribution in [1.29, 1.82) is 0 Å². The van der Waals surface area contributed by atoms with E-state index in [-0.39, 0.29) is 5.92 Å². The fraction of sp³-hybridized carbons (Fsp3) is 0.0500. The Balaban J connectivity index is 1.97. The average Bonchev–Trinajstić information content (AvgIpc) is 3.15. The second kappa shape index (κ2) is 6.38. The standard InChI is InChI=1S/C20H13BrO2S/c21-15-7-5-13(6-8-15)20-19(14-9-10-24-12-14)17(11-22)16-3-1-2-4-18(16)23-20/h1-12,17H. The van der Waals surface area contributed by atoms with Gasteiger partial charge < -0.3 is 9.53 Å². The summed E-state index contributed by atoms with van der Waals surface area (Å²) >= 11 is 5.08. The molecule has 0 fully saturated rings. The van der Waals surface area contributed by atoms with Crippen LogP contribution in [-0.4, -0.2) is 6.29 Å². The predicted molar refractivity (Wildman–Crippen MR) is 101 cm³/mol. The third kappa shape index (κ3) is 2.62. The second-order valence-corrected chi connectivity index (χ2v) is 7.21. The van der Waals surface area contributed by atoms with Crippen LogP contribution in [0.5, 0.6) is 5.75 Å². The number of benzene rings is 2.